The van der Waals surface area contributed by atoms with Crippen LogP contribution in [0.15, 0.2) is 12.3 Å². The zero-order valence-electron chi connectivity index (χ0n) is 11.5. The molecule has 2 rings (SSSR count). The number of nitrogens with zero attached hydrogens (tertiary/aromatic N) is 2. The predicted molar refractivity (Wildman–Crippen MR) is 71.0 cm³/mol. The maximum atomic E-state index is 12.7. The summed E-state index contributed by atoms with van der Waals surface area (Å²) in [7, 11) is 0. The van der Waals surface area contributed by atoms with Crippen molar-refractivity contribution in [3.05, 3.63) is 28.1 Å². The van der Waals surface area contributed by atoms with Crippen LogP contribution in [0.4, 0.5) is 24.5 Å². The van der Waals surface area contributed by atoms with E-state index >= 15 is 0 Å². The normalized spacial score (nSPS) is 17.1. The number of nitro groups is 1. The van der Waals surface area contributed by atoms with Gasteiger partial charge in [0.15, 0.2) is 0 Å². The largest absolute Gasteiger partial charge is 0.433 e. The highest BCUT2D eigenvalue weighted by Crippen LogP contribution is 2.44. The van der Waals surface area contributed by atoms with Crippen LogP contribution in [0.1, 0.15) is 38.3 Å². The van der Waals surface area contributed by atoms with Crippen molar-refractivity contribution in [3.63, 3.8) is 0 Å². The monoisotopic (exact) mass is 303 g/mol. The Kier molecular flexibility index (Phi) is 4.06. The molecule has 0 aromatic carbocycles. The topological polar surface area (TPSA) is 68.1 Å². The van der Waals surface area contributed by atoms with Crippen LogP contribution < -0.4 is 5.32 Å². The molecule has 0 atom stereocenters. The highest BCUT2D eigenvalue weighted by atomic mass is 19.4. The smallest absolute Gasteiger partial charge is 0.379 e. The summed E-state index contributed by atoms with van der Waals surface area (Å²) in [5, 5.41) is 13.7. The number of rotatable bonds is 5. The van der Waals surface area contributed by atoms with E-state index in [-0.39, 0.29) is 11.1 Å². The van der Waals surface area contributed by atoms with Crippen LogP contribution in [0, 0.1) is 15.5 Å². The highest BCUT2D eigenvalue weighted by Gasteiger charge is 2.37. The Hall–Kier alpha value is -1.86. The Morgan fingerprint density at radius 3 is 2.57 bits per heavy atom. The standard InChI is InChI=1S/C13H16F3N3O2/c1-2-12(4-3-5-12)8-18-9-6-11(13(14,15)16)17-7-10(9)19(20)21/h6-7H,2-5,8H2,1H3,(H,17,18). The summed E-state index contributed by atoms with van der Waals surface area (Å²) in [5.74, 6) is 0. The highest BCUT2D eigenvalue weighted by molar-refractivity contribution is 5.61. The Bertz CT molecular complexity index is 536. The van der Waals surface area contributed by atoms with E-state index in [4.69, 9.17) is 0 Å². The van der Waals surface area contributed by atoms with Gasteiger partial charge in [-0.25, -0.2) is 4.98 Å². The summed E-state index contributed by atoms with van der Waals surface area (Å²) in [5.41, 5.74) is -1.65. The van der Waals surface area contributed by atoms with Gasteiger partial charge in [0.1, 0.15) is 17.6 Å². The minimum atomic E-state index is -4.62. The fraction of sp³-hybridized carbons (Fsp3) is 0.615. The fourth-order valence-electron chi connectivity index (χ4n) is 2.51. The first-order valence-electron chi connectivity index (χ1n) is 6.73. The van der Waals surface area contributed by atoms with Crippen molar-refractivity contribution in [2.45, 2.75) is 38.8 Å². The zero-order chi connectivity index (χ0) is 15.7. The quantitative estimate of drug-likeness (QED) is 0.659. The van der Waals surface area contributed by atoms with Gasteiger partial charge in [-0.1, -0.05) is 13.3 Å². The summed E-state index contributed by atoms with van der Waals surface area (Å²) in [4.78, 5) is 13.3. The number of nitrogens with one attached hydrogen (secondary N) is 1. The third-order valence-corrected chi connectivity index (χ3v) is 4.19. The van der Waals surface area contributed by atoms with Gasteiger partial charge in [0.25, 0.3) is 0 Å². The molecule has 1 N–H and O–H groups in total. The Balaban J connectivity index is 2.24. The predicted octanol–water partition coefficient (Wildman–Crippen LogP) is 4.00. The van der Waals surface area contributed by atoms with Crippen LogP contribution in [0.3, 0.4) is 0 Å². The molecule has 0 unspecified atom stereocenters. The molecule has 8 heteroatoms. The van der Waals surface area contributed by atoms with E-state index in [2.05, 4.69) is 10.3 Å². The average molecular weight is 303 g/mol. The van der Waals surface area contributed by atoms with Crippen LogP contribution in [0.5, 0.6) is 0 Å². The molecule has 0 amide bonds. The fourth-order valence-corrected chi connectivity index (χ4v) is 2.51. The SMILES string of the molecule is CCC1(CNc2cc(C(F)(F)F)ncc2[N+](=O)[O-])CCC1. The molecule has 5 nitrogen and oxygen atoms in total. The summed E-state index contributed by atoms with van der Waals surface area (Å²) in [6.45, 7) is 2.45. The molecule has 1 aromatic heterocycles. The molecule has 0 bridgehead atoms. The lowest BCUT2D eigenvalue weighted by atomic mass is 9.67. The Morgan fingerprint density at radius 1 is 1.48 bits per heavy atom. The van der Waals surface area contributed by atoms with Crippen molar-refractivity contribution in [2.75, 3.05) is 11.9 Å². The van der Waals surface area contributed by atoms with Gasteiger partial charge in [0.2, 0.25) is 0 Å². The van der Waals surface area contributed by atoms with E-state index in [9.17, 15) is 23.3 Å². The van der Waals surface area contributed by atoms with Gasteiger partial charge >= 0.3 is 11.9 Å². The van der Waals surface area contributed by atoms with Gasteiger partial charge in [-0.3, -0.25) is 10.1 Å². The van der Waals surface area contributed by atoms with Crippen molar-refractivity contribution in [1.82, 2.24) is 4.98 Å². The van der Waals surface area contributed by atoms with Crippen molar-refractivity contribution < 1.29 is 18.1 Å². The number of pyridine rings is 1. The van der Waals surface area contributed by atoms with Gasteiger partial charge in [-0.2, -0.15) is 13.2 Å². The van der Waals surface area contributed by atoms with Crippen LogP contribution in [0.25, 0.3) is 0 Å². The van der Waals surface area contributed by atoms with Crippen molar-refractivity contribution in [2.24, 2.45) is 5.41 Å². The molecule has 1 aliphatic carbocycles. The molecule has 1 aliphatic rings. The molecule has 1 heterocycles. The molecular formula is C13H16F3N3O2. The van der Waals surface area contributed by atoms with Gasteiger partial charge in [0.05, 0.1) is 4.92 Å². The Morgan fingerprint density at radius 2 is 2.14 bits per heavy atom. The second-order valence-electron chi connectivity index (χ2n) is 5.40. The van der Waals surface area contributed by atoms with E-state index in [1.165, 1.54) is 0 Å². The molecule has 1 saturated carbocycles. The lowest BCUT2D eigenvalue weighted by Gasteiger charge is -2.41. The van der Waals surface area contributed by atoms with Crippen LogP contribution in [0.2, 0.25) is 0 Å². The van der Waals surface area contributed by atoms with Gasteiger partial charge < -0.3 is 5.32 Å². The molecule has 0 spiro atoms. The minimum absolute atomic E-state index is 0.0372. The minimum Gasteiger partial charge on any atom is -0.379 e. The lowest BCUT2D eigenvalue weighted by molar-refractivity contribution is -0.384. The van der Waals surface area contributed by atoms with Crippen molar-refractivity contribution in [3.8, 4) is 0 Å². The molecule has 0 radical (unpaired) electrons. The van der Waals surface area contributed by atoms with E-state index in [1.54, 1.807) is 0 Å². The van der Waals surface area contributed by atoms with Crippen LogP contribution >= 0.6 is 0 Å². The first-order chi connectivity index (χ1) is 9.77. The van der Waals surface area contributed by atoms with Gasteiger partial charge in [0, 0.05) is 6.54 Å². The third-order valence-electron chi connectivity index (χ3n) is 4.19. The molecule has 116 valence electrons. The number of halogens is 3. The molecule has 21 heavy (non-hydrogen) atoms. The van der Waals surface area contributed by atoms with E-state index in [0.29, 0.717) is 18.8 Å². The van der Waals surface area contributed by atoms with Crippen molar-refractivity contribution >= 4 is 11.4 Å². The van der Waals surface area contributed by atoms with E-state index < -0.39 is 22.5 Å². The number of alkyl halides is 3. The van der Waals surface area contributed by atoms with E-state index in [0.717, 1.165) is 25.7 Å². The maximum absolute atomic E-state index is 12.7. The van der Waals surface area contributed by atoms with Crippen LogP contribution in [-0.4, -0.2) is 16.5 Å². The first-order valence-corrected chi connectivity index (χ1v) is 6.73. The molecule has 0 aliphatic heterocycles. The number of hydrogen-bond acceptors (Lipinski definition) is 4. The lowest BCUT2D eigenvalue weighted by Crippen LogP contribution is -2.36. The second kappa shape index (κ2) is 5.50. The molecule has 0 saturated heterocycles. The first kappa shape index (κ1) is 15.5. The molecular weight excluding hydrogens is 287 g/mol. The maximum Gasteiger partial charge on any atom is 0.433 e. The van der Waals surface area contributed by atoms with Crippen LogP contribution in [-0.2, 0) is 6.18 Å². The average Bonchev–Trinajstić information content (AvgIpc) is 2.36. The molecule has 1 fully saturated rings. The number of hydrogen-bond donors (Lipinski definition) is 1. The Labute approximate surface area is 119 Å². The summed E-state index contributed by atoms with van der Waals surface area (Å²) < 4.78 is 38.0. The zero-order valence-corrected chi connectivity index (χ0v) is 11.5. The van der Waals surface area contributed by atoms with E-state index in [1.807, 2.05) is 6.92 Å². The summed E-state index contributed by atoms with van der Waals surface area (Å²) >= 11 is 0. The molecule has 1 aromatic rings. The second-order valence-corrected chi connectivity index (χ2v) is 5.40. The third kappa shape index (κ3) is 3.25. The van der Waals surface area contributed by atoms with Gasteiger partial charge in [-0.05, 0) is 30.7 Å². The van der Waals surface area contributed by atoms with Gasteiger partial charge in [-0.15, -0.1) is 0 Å². The number of anilines is 1. The summed E-state index contributed by atoms with van der Waals surface area (Å²) in [6.07, 6.45) is -0.00912. The van der Waals surface area contributed by atoms with Crippen molar-refractivity contribution in [1.29, 1.82) is 0 Å². The number of aromatic nitrogens is 1. The summed E-state index contributed by atoms with van der Waals surface area (Å²) in [6, 6.07) is 0.708.